The molecule has 1 heterocycles. The highest BCUT2D eigenvalue weighted by Crippen LogP contribution is 2.28. The molecule has 2 aliphatic rings. The van der Waals surface area contributed by atoms with Crippen LogP contribution >= 0.6 is 0 Å². The van der Waals surface area contributed by atoms with Gasteiger partial charge >= 0.3 is 5.97 Å². The van der Waals surface area contributed by atoms with Gasteiger partial charge in [-0.1, -0.05) is 74.6 Å². The maximum Gasteiger partial charge on any atom is 0.309 e. The Morgan fingerprint density at radius 2 is 1.78 bits per heavy atom. The Morgan fingerprint density at radius 1 is 1.08 bits per heavy atom. The molecule has 0 spiro atoms. The molecular formula is C29H42N2O5. The third kappa shape index (κ3) is 9.41. The van der Waals surface area contributed by atoms with Gasteiger partial charge in [0.05, 0.1) is 24.5 Å². The number of benzene rings is 1. The number of hydrogen-bond acceptors (Lipinski definition) is 5. The van der Waals surface area contributed by atoms with Crippen molar-refractivity contribution in [3.05, 3.63) is 48.0 Å². The van der Waals surface area contributed by atoms with Crippen LogP contribution in [0.3, 0.4) is 0 Å². The van der Waals surface area contributed by atoms with Gasteiger partial charge in [-0.3, -0.25) is 14.4 Å². The molecule has 0 saturated heterocycles. The van der Waals surface area contributed by atoms with Crippen molar-refractivity contribution >= 4 is 17.8 Å². The monoisotopic (exact) mass is 498 g/mol. The lowest BCUT2D eigenvalue weighted by molar-refractivity contribution is -0.150. The Kier molecular flexibility index (Phi) is 11.5. The molecule has 0 aromatic heterocycles. The first-order valence-electron chi connectivity index (χ1n) is 13.5. The summed E-state index contributed by atoms with van der Waals surface area (Å²) in [4.78, 5) is 38.8. The van der Waals surface area contributed by atoms with Crippen LogP contribution in [0.25, 0.3) is 0 Å². The van der Waals surface area contributed by atoms with Crippen LogP contribution in [0, 0.1) is 17.8 Å². The summed E-state index contributed by atoms with van der Waals surface area (Å²) in [5.41, 5.74) is 1.08. The zero-order valence-corrected chi connectivity index (χ0v) is 21.5. The number of aliphatic hydroxyl groups is 1. The fraction of sp³-hybridized carbons (Fsp3) is 0.621. The Labute approximate surface area is 215 Å². The molecule has 1 aliphatic carbocycles. The molecule has 1 aromatic carbocycles. The van der Waals surface area contributed by atoms with E-state index >= 15 is 0 Å². The van der Waals surface area contributed by atoms with E-state index in [9.17, 15) is 19.5 Å². The third-order valence-corrected chi connectivity index (χ3v) is 7.27. The molecule has 2 amide bonds. The summed E-state index contributed by atoms with van der Waals surface area (Å²) < 4.78 is 5.79. The number of esters is 1. The van der Waals surface area contributed by atoms with Crippen molar-refractivity contribution < 1.29 is 24.2 Å². The summed E-state index contributed by atoms with van der Waals surface area (Å²) in [6.07, 6.45) is 12.1. The van der Waals surface area contributed by atoms with E-state index in [4.69, 9.17) is 4.74 Å². The van der Waals surface area contributed by atoms with Gasteiger partial charge in [-0.15, -0.1) is 0 Å². The minimum absolute atomic E-state index is 0.0455. The Balaban J connectivity index is 1.75. The van der Waals surface area contributed by atoms with Gasteiger partial charge in [0.15, 0.2) is 0 Å². The van der Waals surface area contributed by atoms with Crippen molar-refractivity contribution in [3.8, 4) is 0 Å². The minimum Gasteiger partial charge on any atom is -0.463 e. The molecule has 3 N–H and O–H groups in total. The smallest absolute Gasteiger partial charge is 0.309 e. The Morgan fingerprint density at radius 3 is 2.47 bits per heavy atom. The highest BCUT2D eigenvalue weighted by atomic mass is 16.5. The van der Waals surface area contributed by atoms with E-state index in [1.54, 1.807) is 6.92 Å². The molecule has 1 saturated carbocycles. The summed E-state index contributed by atoms with van der Waals surface area (Å²) in [5.74, 6) is -1.01. The number of rotatable bonds is 8. The van der Waals surface area contributed by atoms with Crippen LogP contribution in [0.5, 0.6) is 0 Å². The van der Waals surface area contributed by atoms with Gasteiger partial charge in [-0.05, 0) is 44.1 Å². The number of aliphatic hydroxyl groups excluding tert-OH is 1. The molecule has 36 heavy (non-hydrogen) atoms. The number of cyclic esters (lactones) is 1. The SMILES string of the molecule is C[C@@H](CO)NC(=O)C[C@H]1CC=CC[C@@H](Cc2ccccc2)C(=O)OC[C@H](CC2CCCCC2)NC1=O. The molecule has 7 nitrogen and oxygen atoms in total. The van der Waals surface area contributed by atoms with Crippen LogP contribution < -0.4 is 10.6 Å². The summed E-state index contributed by atoms with van der Waals surface area (Å²) in [6.45, 7) is 1.72. The normalized spacial score (nSPS) is 25.1. The van der Waals surface area contributed by atoms with Crippen molar-refractivity contribution in [2.24, 2.45) is 17.8 Å². The highest BCUT2D eigenvalue weighted by Gasteiger charge is 2.28. The number of carbonyl (C=O) groups is 3. The van der Waals surface area contributed by atoms with Crippen LogP contribution in [0.15, 0.2) is 42.5 Å². The summed E-state index contributed by atoms with van der Waals surface area (Å²) in [6, 6.07) is 9.29. The van der Waals surface area contributed by atoms with E-state index in [1.807, 2.05) is 42.5 Å². The zero-order valence-electron chi connectivity index (χ0n) is 21.5. The van der Waals surface area contributed by atoms with Gasteiger partial charge in [0.2, 0.25) is 11.8 Å². The average Bonchev–Trinajstić information content (AvgIpc) is 2.88. The molecule has 0 unspecified atom stereocenters. The Hall–Kier alpha value is -2.67. The molecule has 1 fully saturated rings. The highest BCUT2D eigenvalue weighted by molar-refractivity contribution is 5.86. The lowest BCUT2D eigenvalue weighted by atomic mass is 9.84. The van der Waals surface area contributed by atoms with E-state index < -0.39 is 5.92 Å². The topological polar surface area (TPSA) is 105 Å². The van der Waals surface area contributed by atoms with Crippen molar-refractivity contribution in [2.75, 3.05) is 13.2 Å². The minimum atomic E-state index is -0.524. The average molecular weight is 499 g/mol. The van der Waals surface area contributed by atoms with E-state index in [-0.39, 0.29) is 55.4 Å². The third-order valence-electron chi connectivity index (χ3n) is 7.27. The second-order valence-electron chi connectivity index (χ2n) is 10.5. The standard InChI is InChI=1S/C29H42N2O5/c1-21(19-32)30-27(33)18-24-14-8-9-15-25(16-22-10-4-2-5-11-22)29(35)36-20-26(31-28(24)34)17-23-12-6-3-7-13-23/h2,4-5,8-11,21,23-26,32H,3,6-7,12-20H2,1H3,(H,30,33)(H,31,34)/t21-,24+,25-,26-/m0/s1. The predicted molar refractivity (Wildman–Crippen MR) is 139 cm³/mol. The molecule has 3 rings (SSSR count). The van der Waals surface area contributed by atoms with E-state index in [1.165, 1.54) is 19.3 Å². The van der Waals surface area contributed by atoms with Crippen LogP contribution in [-0.2, 0) is 25.5 Å². The number of hydrogen-bond donors (Lipinski definition) is 3. The lowest BCUT2D eigenvalue weighted by Crippen LogP contribution is -2.45. The first kappa shape index (κ1) is 27.9. The summed E-state index contributed by atoms with van der Waals surface area (Å²) in [5, 5.41) is 15.1. The number of allylic oxidation sites excluding steroid dienone is 2. The van der Waals surface area contributed by atoms with Crippen molar-refractivity contribution in [2.45, 2.75) is 83.2 Å². The van der Waals surface area contributed by atoms with Gasteiger partial charge in [-0.2, -0.15) is 0 Å². The van der Waals surface area contributed by atoms with Crippen LogP contribution in [0.4, 0.5) is 0 Å². The van der Waals surface area contributed by atoms with Gasteiger partial charge in [0.25, 0.3) is 0 Å². The van der Waals surface area contributed by atoms with E-state index in [0.29, 0.717) is 25.2 Å². The van der Waals surface area contributed by atoms with E-state index in [2.05, 4.69) is 10.6 Å². The molecule has 1 aromatic rings. The van der Waals surface area contributed by atoms with Crippen LogP contribution in [0.1, 0.15) is 70.3 Å². The molecule has 7 heteroatoms. The van der Waals surface area contributed by atoms with Gasteiger partial charge < -0.3 is 20.5 Å². The maximum atomic E-state index is 13.2. The van der Waals surface area contributed by atoms with E-state index in [0.717, 1.165) is 24.8 Å². The largest absolute Gasteiger partial charge is 0.463 e. The summed E-state index contributed by atoms with van der Waals surface area (Å²) in [7, 11) is 0. The Bertz CT molecular complexity index is 866. The second-order valence-corrected chi connectivity index (χ2v) is 10.5. The van der Waals surface area contributed by atoms with Crippen molar-refractivity contribution in [1.82, 2.24) is 10.6 Å². The fourth-order valence-corrected chi connectivity index (χ4v) is 5.18. The van der Waals surface area contributed by atoms with Gasteiger partial charge in [0.1, 0.15) is 6.61 Å². The number of ether oxygens (including phenoxy) is 1. The van der Waals surface area contributed by atoms with Crippen LogP contribution in [0.2, 0.25) is 0 Å². The number of nitrogens with one attached hydrogen (secondary N) is 2. The molecule has 0 radical (unpaired) electrons. The maximum absolute atomic E-state index is 13.2. The lowest BCUT2D eigenvalue weighted by Gasteiger charge is -2.29. The molecular weight excluding hydrogens is 456 g/mol. The molecule has 1 aliphatic heterocycles. The second kappa shape index (κ2) is 14.8. The fourth-order valence-electron chi connectivity index (χ4n) is 5.18. The zero-order chi connectivity index (χ0) is 25.8. The van der Waals surface area contributed by atoms with Crippen LogP contribution in [-0.4, -0.2) is 48.2 Å². The quantitative estimate of drug-likeness (QED) is 0.375. The molecule has 0 bridgehead atoms. The number of carbonyl (C=O) groups excluding carboxylic acids is 3. The van der Waals surface area contributed by atoms with Crippen molar-refractivity contribution in [3.63, 3.8) is 0 Å². The molecule has 198 valence electrons. The van der Waals surface area contributed by atoms with Gasteiger partial charge in [-0.25, -0.2) is 0 Å². The molecule has 4 atom stereocenters. The summed E-state index contributed by atoms with van der Waals surface area (Å²) >= 11 is 0. The number of amides is 2. The first-order chi connectivity index (χ1) is 17.4. The van der Waals surface area contributed by atoms with Gasteiger partial charge in [0, 0.05) is 12.5 Å². The van der Waals surface area contributed by atoms with Crippen molar-refractivity contribution in [1.29, 1.82) is 0 Å². The predicted octanol–water partition coefficient (Wildman–Crippen LogP) is 3.70. The first-order valence-corrected chi connectivity index (χ1v) is 13.5.